The quantitative estimate of drug-likeness (QED) is 0.714. The summed E-state index contributed by atoms with van der Waals surface area (Å²) in [5.74, 6) is 1.37. The summed E-state index contributed by atoms with van der Waals surface area (Å²) in [6.07, 6.45) is 3.01. The zero-order valence-corrected chi connectivity index (χ0v) is 14.6. The highest BCUT2D eigenvalue weighted by Gasteiger charge is 2.15. The van der Waals surface area contributed by atoms with E-state index < -0.39 is 0 Å². The first kappa shape index (κ1) is 17.3. The Morgan fingerprint density at radius 2 is 1.92 bits per heavy atom. The number of hydrogen-bond acceptors (Lipinski definition) is 8. The summed E-state index contributed by atoms with van der Waals surface area (Å²) < 4.78 is 10.8. The fourth-order valence-electron chi connectivity index (χ4n) is 2.21. The molecule has 0 aliphatic rings. The van der Waals surface area contributed by atoms with Crippen molar-refractivity contribution in [3.8, 4) is 17.2 Å². The summed E-state index contributed by atoms with van der Waals surface area (Å²) in [6, 6.07) is 7.28. The Hall–Kier alpha value is -3.49. The van der Waals surface area contributed by atoms with Gasteiger partial charge in [0.15, 0.2) is 0 Å². The highest BCUT2D eigenvalue weighted by atomic mass is 16.5. The highest BCUT2D eigenvalue weighted by Crippen LogP contribution is 2.28. The molecule has 0 aliphatic carbocycles. The van der Waals surface area contributed by atoms with Gasteiger partial charge in [-0.15, -0.1) is 10.2 Å². The topological polar surface area (TPSA) is 106 Å². The van der Waals surface area contributed by atoms with E-state index in [1.165, 1.54) is 12.4 Å². The minimum Gasteiger partial charge on any atom is -0.496 e. The molecule has 0 fully saturated rings. The Balaban J connectivity index is 1.66. The standard InChI is InChI=1S/C17H18N6O3/c1-23(2)17-18-9-11(10-19-17)20-14(24)8-15-21-22-16(26-15)12-6-4-5-7-13(12)25-3/h4-7,9-10H,8H2,1-3H3,(H,20,24). The van der Waals surface area contributed by atoms with E-state index >= 15 is 0 Å². The van der Waals surface area contributed by atoms with Crippen LogP contribution in [0.15, 0.2) is 41.1 Å². The normalized spacial score (nSPS) is 10.4. The fourth-order valence-corrected chi connectivity index (χ4v) is 2.21. The van der Waals surface area contributed by atoms with Crippen molar-refractivity contribution < 1.29 is 13.9 Å². The maximum absolute atomic E-state index is 12.1. The number of nitrogens with zero attached hydrogens (tertiary/aromatic N) is 5. The lowest BCUT2D eigenvalue weighted by atomic mass is 10.2. The molecule has 0 saturated heterocycles. The Bertz CT molecular complexity index is 892. The molecule has 9 nitrogen and oxygen atoms in total. The zero-order chi connectivity index (χ0) is 18.5. The maximum atomic E-state index is 12.1. The van der Waals surface area contributed by atoms with Crippen molar-refractivity contribution in [1.82, 2.24) is 20.2 Å². The van der Waals surface area contributed by atoms with Gasteiger partial charge in [0.2, 0.25) is 17.7 Å². The van der Waals surface area contributed by atoms with Crippen molar-refractivity contribution in [2.24, 2.45) is 0 Å². The largest absolute Gasteiger partial charge is 0.496 e. The smallest absolute Gasteiger partial charge is 0.251 e. The van der Waals surface area contributed by atoms with Crippen LogP contribution in [0, 0.1) is 0 Å². The zero-order valence-electron chi connectivity index (χ0n) is 14.6. The average molecular weight is 354 g/mol. The third kappa shape index (κ3) is 3.94. The van der Waals surface area contributed by atoms with E-state index in [1.807, 2.05) is 26.2 Å². The summed E-state index contributed by atoms with van der Waals surface area (Å²) in [6.45, 7) is 0. The first-order valence-electron chi connectivity index (χ1n) is 7.82. The lowest BCUT2D eigenvalue weighted by Crippen LogP contribution is -2.16. The second-order valence-corrected chi connectivity index (χ2v) is 5.59. The molecule has 1 aromatic carbocycles. The molecular formula is C17H18N6O3. The molecule has 0 saturated carbocycles. The number of aromatic nitrogens is 4. The van der Waals surface area contributed by atoms with Gasteiger partial charge >= 0.3 is 0 Å². The molecule has 26 heavy (non-hydrogen) atoms. The molecule has 0 bridgehead atoms. The van der Waals surface area contributed by atoms with Crippen LogP contribution in [-0.2, 0) is 11.2 Å². The molecule has 134 valence electrons. The summed E-state index contributed by atoms with van der Waals surface area (Å²) >= 11 is 0. The highest BCUT2D eigenvalue weighted by molar-refractivity contribution is 5.91. The van der Waals surface area contributed by atoms with Crippen molar-refractivity contribution in [3.63, 3.8) is 0 Å². The number of carbonyl (C=O) groups is 1. The second kappa shape index (κ2) is 7.60. The molecule has 1 amide bonds. The summed E-state index contributed by atoms with van der Waals surface area (Å²) in [5.41, 5.74) is 1.16. The number of amides is 1. The molecule has 0 spiro atoms. The molecule has 0 aliphatic heterocycles. The number of carbonyl (C=O) groups excluding carboxylic acids is 1. The van der Waals surface area contributed by atoms with Crippen LogP contribution in [-0.4, -0.2) is 47.3 Å². The third-order valence-corrected chi connectivity index (χ3v) is 3.44. The van der Waals surface area contributed by atoms with Crippen molar-refractivity contribution in [1.29, 1.82) is 0 Å². The van der Waals surface area contributed by atoms with Crippen molar-refractivity contribution >= 4 is 17.5 Å². The lowest BCUT2D eigenvalue weighted by molar-refractivity contribution is -0.115. The Labute approximate surface area is 150 Å². The van der Waals surface area contributed by atoms with E-state index in [0.29, 0.717) is 28.8 Å². The minimum absolute atomic E-state index is 0.0580. The monoisotopic (exact) mass is 354 g/mol. The number of rotatable bonds is 6. The number of nitrogens with one attached hydrogen (secondary N) is 1. The minimum atomic E-state index is -0.304. The number of ether oxygens (including phenoxy) is 1. The summed E-state index contributed by atoms with van der Waals surface area (Å²) in [5, 5.41) is 10.6. The predicted molar refractivity (Wildman–Crippen MR) is 95.0 cm³/mol. The van der Waals surface area contributed by atoms with Gasteiger partial charge in [-0.05, 0) is 12.1 Å². The molecule has 2 aromatic heterocycles. The molecule has 3 aromatic rings. The fraction of sp³-hybridized carbons (Fsp3) is 0.235. The van der Waals surface area contributed by atoms with Crippen LogP contribution in [0.3, 0.4) is 0 Å². The average Bonchev–Trinajstić information content (AvgIpc) is 3.10. The van der Waals surface area contributed by atoms with Crippen LogP contribution in [0.5, 0.6) is 5.75 Å². The van der Waals surface area contributed by atoms with Crippen LogP contribution in [0.1, 0.15) is 5.89 Å². The molecule has 0 unspecified atom stereocenters. The Morgan fingerprint density at radius 3 is 2.62 bits per heavy atom. The van der Waals surface area contributed by atoms with Gasteiger partial charge in [0, 0.05) is 14.1 Å². The van der Waals surface area contributed by atoms with E-state index in [2.05, 4.69) is 25.5 Å². The molecule has 1 N–H and O–H groups in total. The number of para-hydroxylation sites is 1. The van der Waals surface area contributed by atoms with E-state index in [4.69, 9.17) is 9.15 Å². The number of anilines is 2. The molecular weight excluding hydrogens is 336 g/mol. The van der Waals surface area contributed by atoms with Crippen LogP contribution >= 0.6 is 0 Å². The van der Waals surface area contributed by atoms with Crippen LogP contribution < -0.4 is 15.0 Å². The van der Waals surface area contributed by atoms with E-state index in [-0.39, 0.29) is 18.2 Å². The predicted octanol–water partition coefficient (Wildman–Crippen LogP) is 1.78. The SMILES string of the molecule is COc1ccccc1-c1nnc(CC(=O)Nc2cnc(N(C)C)nc2)o1. The molecule has 9 heteroatoms. The number of methoxy groups -OCH3 is 1. The molecule has 0 radical (unpaired) electrons. The summed E-state index contributed by atoms with van der Waals surface area (Å²) in [7, 11) is 5.23. The van der Waals surface area contributed by atoms with Crippen LogP contribution in [0.4, 0.5) is 11.6 Å². The summed E-state index contributed by atoms with van der Waals surface area (Å²) in [4.78, 5) is 22.2. The van der Waals surface area contributed by atoms with Gasteiger partial charge in [0.1, 0.15) is 12.2 Å². The first-order valence-corrected chi connectivity index (χ1v) is 7.82. The second-order valence-electron chi connectivity index (χ2n) is 5.59. The van der Waals surface area contributed by atoms with Gasteiger partial charge in [0.25, 0.3) is 5.89 Å². The lowest BCUT2D eigenvalue weighted by Gasteiger charge is -2.09. The van der Waals surface area contributed by atoms with Crippen LogP contribution in [0.2, 0.25) is 0 Å². The van der Waals surface area contributed by atoms with Crippen molar-refractivity contribution in [2.45, 2.75) is 6.42 Å². The molecule has 0 atom stereocenters. The maximum Gasteiger partial charge on any atom is 0.251 e. The van der Waals surface area contributed by atoms with Gasteiger partial charge in [-0.3, -0.25) is 4.79 Å². The first-order chi connectivity index (χ1) is 12.6. The molecule has 2 heterocycles. The van der Waals surface area contributed by atoms with Gasteiger partial charge in [-0.25, -0.2) is 9.97 Å². The van der Waals surface area contributed by atoms with E-state index in [1.54, 1.807) is 24.1 Å². The van der Waals surface area contributed by atoms with Crippen LogP contribution in [0.25, 0.3) is 11.5 Å². The van der Waals surface area contributed by atoms with Crippen molar-refractivity contribution in [3.05, 3.63) is 42.5 Å². The van der Waals surface area contributed by atoms with E-state index in [9.17, 15) is 4.79 Å². The van der Waals surface area contributed by atoms with E-state index in [0.717, 1.165) is 0 Å². The number of hydrogen-bond donors (Lipinski definition) is 1. The van der Waals surface area contributed by atoms with Gasteiger partial charge in [-0.1, -0.05) is 12.1 Å². The van der Waals surface area contributed by atoms with Gasteiger partial charge in [-0.2, -0.15) is 0 Å². The number of benzene rings is 1. The van der Waals surface area contributed by atoms with Gasteiger partial charge < -0.3 is 19.4 Å². The Morgan fingerprint density at radius 1 is 1.19 bits per heavy atom. The van der Waals surface area contributed by atoms with Crippen molar-refractivity contribution in [2.75, 3.05) is 31.4 Å². The third-order valence-electron chi connectivity index (χ3n) is 3.44. The molecule has 3 rings (SSSR count). The Kier molecular flexibility index (Phi) is 5.07. The van der Waals surface area contributed by atoms with Gasteiger partial charge in [0.05, 0.1) is 30.8 Å².